The van der Waals surface area contributed by atoms with Crippen molar-refractivity contribution in [2.24, 2.45) is 0 Å². The van der Waals surface area contributed by atoms with Crippen molar-refractivity contribution in [3.8, 4) is 12.1 Å². The SMILES string of the molecule is N#CC(C#N)=CNN(Br)c1ccc(Cl)c(Cl)c1. The van der Waals surface area contributed by atoms with Crippen molar-refractivity contribution in [3.05, 3.63) is 40.0 Å². The van der Waals surface area contributed by atoms with Gasteiger partial charge in [0.2, 0.25) is 0 Å². The van der Waals surface area contributed by atoms with Crippen LogP contribution in [0.15, 0.2) is 30.0 Å². The molecule has 0 heterocycles. The summed E-state index contributed by atoms with van der Waals surface area (Å²) in [6.45, 7) is 0. The van der Waals surface area contributed by atoms with E-state index in [-0.39, 0.29) is 5.57 Å². The van der Waals surface area contributed by atoms with E-state index in [2.05, 4.69) is 21.6 Å². The Balaban J connectivity index is 2.81. The molecule has 0 aliphatic rings. The molecule has 0 bridgehead atoms. The second-order valence-corrected chi connectivity index (χ2v) is 4.31. The van der Waals surface area contributed by atoms with E-state index in [1.165, 1.54) is 10.2 Å². The molecular weight excluding hydrogens is 327 g/mol. The highest BCUT2D eigenvalue weighted by Crippen LogP contribution is 2.27. The van der Waals surface area contributed by atoms with Crippen molar-refractivity contribution < 1.29 is 0 Å². The Labute approximate surface area is 117 Å². The molecule has 1 aromatic carbocycles. The minimum Gasteiger partial charge on any atom is -0.293 e. The van der Waals surface area contributed by atoms with Crippen molar-refractivity contribution in [1.29, 1.82) is 10.5 Å². The van der Waals surface area contributed by atoms with Gasteiger partial charge in [0.05, 0.1) is 31.9 Å². The Bertz CT molecular complexity index is 514. The van der Waals surface area contributed by atoms with Crippen molar-refractivity contribution in [2.75, 3.05) is 4.03 Å². The van der Waals surface area contributed by atoms with E-state index >= 15 is 0 Å². The van der Waals surface area contributed by atoms with Crippen LogP contribution in [-0.2, 0) is 0 Å². The highest BCUT2D eigenvalue weighted by molar-refractivity contribution is 9.10. The Morgan fingerprint density at radius 2 is 1.94 bits per heavy atom. The Morgan fingerprint density at radius 1 is 1.29 bits per heavy atom. The van der Waals surface area contributed by atoms with Crippen LogP contribution in [0.1, 0.15) is 0 Å². The molecule has 0 radical (unpaired) electrons. The highest BCUT2D eigenvalue weighted by atomic mass is 79.9. The van der Waals surface area contributed by atoms with Gasteiger partial charge in [-0.05, 0) is 18.2 Å². The molecule has 7 heteroatoms. The summed E-state index contributed by atoms with van der Waals surface area (Å²) in [5.74, 6) is 0. The van der Waals surface area contributed by atoms with Crippen LogP contribution in [0.25, 0.3) is 0 Å². The summed E-state index contributed by atoms with van der Waals surface area (Å²) in [5.41, 5.74) is 3.31. The normalized spacial score (nSPS) is 8.76. The largest absolute Gasteiger partial charge is 0.293 e. The minimum atomic E-state index is -0.0467. The second-order valence-electron chi connectivity index (χ2n) is 2.79. The maximum atomic E-state index is 8.54. The van der Waals surface area contributed by atoms with Gasteiger partial charge in [0.1, 0.15) is 17.7 Å². The average Bonchev–Trinajstić information content (AvgIpc) is 2.33. The van der Waals surface area contributed by atoms with Gasteiger partial charge in [0, 0.05) is 6.20 Å². The molecule has 17 heavy (non-hydrogen) atoms. The summed E-state index contributed by atoms with van der Waals surface area (Å²) in [7, 11) is 0. The van der Waals surface area contributed by atoms with Gasteiger partial charge in [-0.2, -0.15) is 10.5 Å². The van der Waals surface area contributed by atoms with Crippen LogP contribution in [0.3, 0.4) is 0 Å². The molecule has 0 amide bonds. The fourth-order valence-electron chi connectivity index (χ4n) is 0.892. The van der Waals surface area contributed by atoms with Crippen molar-refractivity contribution in [1.82, 2.24) is 5.43 Å². The van der Waals surface area contributed by atoms with E-state index in [0.29, 0.717) is 15.7 Å². The molecule has 0 saturated heterocycles. The van der Waals surface area contributed by atoms with Crippen molar-refractivity contribution in [3.63, 3.8) is 0 Å². The predicted molar refractivity (Wildman–Crippen MR) is 70.3 cm³/mol. The quantitative estimate of drug-likeness (QED) is 0.522. The molecule has 86 valence electrons. The van der Waals surface area contributed by atoms with Crippen LogP contribution in [0, 0.1) is 22.7 Å². The van der Waals surface area contributed by atoms with Crippen LogP contribution in [-0.4, -0.2) is 0 Å². The number of allylic oxidation sites excluding steroid dienone is 1. The summed E-state index contributed by atoms with van der Waals surface area (Å²) in [4.78, 5) is 0. The molecule has 4 nitrogen and oxygen atoms in total. The fourth-order valence-corrected chi connectivity index (χ4v) is 1.51. The van der Waals surface area contributed by atoms with E-state index in [9.17, 15) is 0 Å². The molecule has 0 fully saturated rings. The number of nitrogens with zero attached hydrogens (tertiary/aromatic N) is 3. The number of hydrogen-bond acceptors (Lipinski definition) is 4. The third-order valence-electron chi connectivity index (χ3n) is 1.69. The third kappa shape index (κ3) is 3.83. The molecule has 0 atom stereocenters. The molecule has 0 spiro atoms. The lowest BCUT2D eigenvalue weighted by Crippen LogP contribution is -2.23. The van der Waals surface area contributed by atoms with Gasteiger partial charge in [-0.25, -0.2) is 4.03 Å². The van der Waals surface area contributed by atoms with Crippen molar-refractivity contribution >= 4 is 45.0 Å². The molecule has 1 N–H and O–H groups in total. The van der Waals surface area contributed by atoms with Gasteiger partial charge in [-0.15, -0.1) is 0 Å². The zero-order chi connectivity index (χ0) is 12.8. The van der Waals surface area contributed by atoms with Gasteiger partial charge in [-0.3, -0.25) is 5.43 Å². The van der Waals surface area contributed by atoms with E-state index < -0.39 is 0 Å². The molecular formula is C10H5BrCl2N4. The van der Waals surface area contributed by atoms with E-state index in [1.54, 1.807) is 30.3 Å². The monoisotopic (exact) mass is 330 g/mol. The molecule has 0 aromatic heterocycles. The maximum absolute atomic E-state index is 8.54. The third-order valence-corrected chi connectivity index (χ3v) is 3.05. The first kappa shape index (κ1) is 13.7. The van der Waals surface area contributed by atoms with Gasteiger partial charge in [0.15, 0.2) is 0 Å². The minimum absolute atomic E-state index is 0.0467. The molecule has 1 rings (SSSR count). The van der Waals surface area contributed by atoms with Gasteiger partial charge in [-0.1, -0.05) is 23.2 Å². The summed E-state index contributed by atoms with van der Waals surface area (Å²) < 4.78 is 1.42. The first-order valence-electron chi connectivity index (χ1n) is 4.26. The lowest BCUT2D eigenvalue weighted by molar-refractivity contribution is 0.970. The number of nitriles is 2. The van der Waals surface area contributed by atoms with Crippen LogP contribution in [0.4, 0.5) is 5.69 Å². The molecule has 0 aliphatic carbocycles. The van der Waals surface area contributed by atoms with Gasteiger partial charge < -0.3 is 0 Å². The first-order valence-corrected chi connectivity index (χ1v) is 5.72. The number of hydrogen-bond donors (Lipinski definition) is 1. The molecule has 0 aliphatic heterocycles. The summed E-state index contributed by atoms with van der Waals surface area (Å²) in [5, 5.41) is 17.9. The average molecular weight is 332 g/mol. The molecule has 0 saturated carbocycles. The van der Waals surface area contributed by atoms with Crippen LogP contribution in [0.5, 0.6) is 0 Å². The number of nitrogens with one attached hydrogen (secondary N) is 1. The zero-order valence-corrected chi connectivity index (χ0v) is 11.4. The number of halogens is 3. The molecule has 1 aromatic rings. The number of hydrazine groups is 1. The predicted octanol–water partition coefficient (Wildman–Crippen LogP) is 3.55. The smallest absolute Gasteiger partial charge is 0.147 e. The topological polar surface area (TPSA) is 62.9 Å². The number of rotatable bonds is 3. The standard InChI is InChI=1S/C10H5BrCl2N4/c11-17(16-6-7(4-14)5-15)8-1-2-9(12)10(13)3-8/h1-3,6,16H. The van der Waals surface area contributed by atoms with E-state index in [4.69, 9.17) is 33.7 Å². The fraction of sp³-hybridized carbons (Fsp3) is 0. The van der Waals surface area contributed by atoms with Crippen LogP contribution >= 0.6 is 39.3 Å². The number of anilines is 1. The Hall–Kier alpha value is -1.40. The summed E-state index contributed by atoms with van der Waals surface area (Å²) >= 11 is 14.8. The Morgan fingerprint density at radius 3 is 2.47 bits per heavy atom. The number of benzene rings is 1. The lowest BCUT2D eigenvalue weighted by atomic mass is 10.3. The second kappa shape index (κ2) is 6.36. The maximum Gasteiger partial charge on any atom is 0.147 e. The lowest BCUT2D eigenvalue weighted by Gasteiger charge is -2.16. The molecule has 0 unspecified atom stereocenters. The van der Waals surface area contributed by atoms with Crippen LogP contribution < -0.4 is 9.46 Å². The van der Waals surface area contributed by atoms with Crippen molar-refractivity contribution in [2.45, 2.75) is 0 Å². The summed E-state index contributed by atoms with van der Waals surface area (Å²) in [6.07, 6.45) is 1.26. The van der Waals surface area contributed by atoms with E-state index in [0.717, 1.165) is 0 Å². The van der Waals surface area contributed by atoms with Crippen LogP contribution in [0.2, 0.25) is 10.0 Å². The zero-order valence-electron chi connectivity index (χ0n) is 8.28. The van der Waals surface area contributed by atoms with E-state index in [1.807, 2.05) is 0 Å². The van der Waals surface area contributed by atoms with Gasteiger partial charge in [0.25, 0.3) is 0 Å². The highest BCUT2D eigenvalue weighted by Gasteiger charge is 2.04. The Kier molecular flexibility index (Phi) is 5.11. The first-order chi connectivity index (χ1) is 8.08. The summed E-state index contributed by atoms with van der Waals surface area (Å²) in [6, 6.07) is 8.41. The van der Waals surface area contributed by atoms with Gasteiger partial charge >= 0.3 is 0 Å².